The molecule has 1 N–H and O–H groups in total. The summed E-state index contributed by atoms with van der Waals surface area (Å²) in [6, 6.07) is 0. The van der Waals surface area contributed by atoms with E-state index in [1.165, 1.54) is 16.3 Å². The lowest BCUT2D eigenvalue weighted by Gasteiger charge is -2.06. The Hall–Kier alpha value is -1.04. The number of rotatable bonds is 3. The normalized spacial score (nSPS) is 10.3. The maximum atomic E-state index is 11.3. The van der Waals surface area contributed by atoms with Gasteiger partial charge in [0.15, 0.2) is 5.16 Å². The summed E-state index contributed by atoms with van der Waals surface area (Å²) < 4.78 is 1.42. The molecule has 0 saturated heterocycles. The summed E-state index contributed by atoms with van der Waals surface area (Å²) >= 11 is 1.34. The number of hydrogen-bond acceptors (Lipinski definition) is 5. The molecule has 0 unspecified atom stereocenters. The Morgan fingerprint density at radius 2 is 2.23 bits per heavy atom. The van der Waals surface area contributed by atoms with Gasteiger partial charge in [-0.25, -0.2) is 0 Å². The molecule has 1 aromatic rings. The first-order chi connectivity index (χ1) is 6.20. The first-order valence-electron chi connectivity index (χ1n) is 3.91. The predicted molar refractivity (Wildman–Crippen MR) is 50.0 cm³/mol. The molecule has 72 valence electrons. The van der Waals surface area contributed by atoms with Gasteiger partial charge in [0, 0.05) is 6.54 Å². The molecule has 0 fully saturated rings. The highest BCUT2D eigenvalue weighted by Gasteiger charge is 2.08. The van der Waals surface area contributed by atoms with Crippen molar-refractivity contribution in [2.75, 3.05) is 6.26 Å². The third-order valence-corrected chi connectivity index (χ3v) is 2.19. The molecule has 0 aliphatic carbocycles. The maximum Gasteiger partial charge on any atom is 0.316 e. The summed E-state index contributed by atoms with van der Waals surface area (Å²) in [6.45, 7) is 2.51. The first kappa shape index (κ1) is 10.0. The Labute approximate surface area is 79.8 Å². The molecule has 13 heavy (non-hydrogen) atoms. The maximum absolute atomic E-state index is 11.3. The quantitative estimate of drug-likeness (QED) is 0.720. The average molecular weight is 201 g/mol. The number of thioether (sulfide) groups is 1. The van der Waals surface area contributed by atoms with Crippen molar-refractivity contribution in [1.29, 1.82) is 0 Å². The van der Waals surface area contributed by atoms with Crippen LogP contribution in [0.25, 0.3) is 0 Å². The van der Waals surface area contributed by atoms with Crippen LogP contribution in [0.1, 0.15) is 13.3 Å². The molecule has 0 radical (unpaired) electrons. The zero-order valence-electron chi connectivity index (χ0n) is 7.52. The molecule has 0 aromatic carbocycles. The smallest absolute Gasteiger partial charge is 0.316 e. The van der Waals surface area contributed by atoms with Crippen LogP contribution in [0.4, 0.5) is 0 Å². The lowest BCUT2D eigenvalue weighted by molar-refractivity contribution is 0.406. The summed E-state index contributed by atoms with van der Waals surface area (Å²) in [6.07, 6.45) is 2.63. The molecule has 5 nitrogen and oxygen atoms in total. The lowest BCUT2D eigenvalue weighted by Crippen LogP contribution is -2.23. The van der Waals surface area contributed by atoms with E-state index < -0.39 is 11.4 Å². The van der Waals surface area contributed by atoms with Gasteiger partial charge in [-0.1, -0.05) is 18.7 Å². The molecular weight excluding hydrogens is 190 g/mol. The third kappa shape index (κ3) is 2.00. The van der Waals surface area contributed by atoms with Gasteiger partial charge in [-0.15, -0.1) is 10.2 Å². The fourth-order valence-electron chi connectivity index (χ4n) is 0.966. The van der Waals surface area contributed by atoms with Crippen LogP contribution in [0.3, 0.4) is 0 Å². The van der Waals surface area contributed by atoms with Crippen LogP contribution in [0.15, 0.2) is 9.95 Å². The van der Waals surface area contributed by atoms with Crippen LogP contribution in [0.5, 0.6) is 5.88 Å². The molecule has 0 spiro atoms. The van der Waals surface area contributed by atoms with Crippen LogP contribution in [-0.4, -0.2) is 26.1 Å². The summed E-state index contributed by atoms with van der Waals surface area (Å²) in [4.78, 5) is 11.3. The molecule has 1 rings (SSSR count). The number of nitrogens with zero attached hydrogens (tertiary/aromatic N) is 3. The predicted octanol–water partition coefficient (Wildman–Crippen LogP) is 0.476. The van der Waals surface area contributed by atoms with E-state index in [1.807, 2.05) is 13.2 Å². The average Bonchev–Trinajstić information content (AvgIpc) is 2.14. The molecule has 0 bridgehead atoms. The van der Waals surface area contributed by atoms with Gasteiger partial charge in [0.1, 0.15) is 0 Å². The van der Waals surface area contributed by atoms with Crippen molar-refractivity contribution in [3.63, 3.8) is 0 Å². The molecular formula is C7H11N3O2S. The summed E-state index contributed by atoms with van der Waals surface area (Å²) in [5, 5.41) is 16.6. The summed E-state index contributed by atoms with van der Waals surface area (Å²) in [5.74, 6) is -0.536. The lowest BCUT2D eigenvalue weighted by atomic mass is 10.5. The minimum Gasteiger partial charge on any atom is -0.488 e. The molecule has 0 atom stereocenters. The summed E-state index contributed by atoms with van der Waals surface area (Å²) in [5.41, 5.74) is -0.471. The fourth-order valence-corrected chi connectivity index (χ4v) is 1.48. The SMILES string of the molecule is CCCn1c(SC)nnc(O)c1=O. The van der Waals surface area contributed by atoms with Gasteiger partial charge < -0.3 is 5.11 Å². The third-order valence-electron chi connectivity index (χ3n) is 1.53. The van der Waals surface area contributed by atoms with E-state index in [9.17, 15) is 4.79 Å². The largest absolute Gasteiger partial charge is 0.488 e. The Balaban J connectivity index is 3.24. The Bertz CT molecular complexity index is 350. The van der Waals surface area contributed by atoms with Crippen LogP contribution in [0, 0.1) is 0 Å². The molecule has 1 heterocycles. The molecule has 0 saturated carbocycles. The van der Waals surface area contributed by atoms with Gasteiger partial charge in [0.05, 0.1) is 0 Å². The van der Waals surface area contributed by atoms with Crippen molar-refractivity contribution in [3.8, 4) is 5.88 Å². The zero-order valence-corrected chi connectivity index (χ0v) is 8.34. The molecule has 0 aliphatic rings. The van der Waals surface area contributed by atoms with Gasteiger partial charge >= 0.3 is 5.56 Å². The Morgan fingerprint density at radius 1 is 1.54 bits per heavy atom. The van der Waals surface area contributed by atoms with E-state index >= 15 is 0 Å². The molecule has 0 aliphatic heterocycles. The second kappa shape index (κ2) is 4.27. The molecule has 1 aromatic heterocycles. The molecule has 0 amide bonds. The highest BCUT2D eigenvalue weighted by atomic mass is 32.2. The van der Waals surface area contributed by atoms with Crippen molar-refractivity contribution in [2.45, 2.75) is 25.0 Å². The van der Waals surface area contributed by atoms with Crippen molar-refractivity contribution in [3.05, 3.63) is 10.4 Å². The highest BCUT2D eigenvalue weighted by Crippen LogP contribution is 2.09. The summed E-state index contributed by atoms with van der Waals surface area (Å²) in [7, 11) is 0. The van der Waals surface area contributed by atoms with Crippen LogP contribution < -0.4 is 5.56 Å². The second-order valence-electron chi connectivity index (χ2n) is 2.47. The van der Waals surface area contributed by atoms with Crippen LogP contribution in [-0.2, 0) is 6.54 Å². The zero-order chi connectivity index (χ0) is 9.84. The number of aromatic hydroxyl groups is 1. The number of aromatic nitrogens is 3. The monoisotopic (exact) mass is 201 g/mol. The number of hydrogen-bond donors (Lipinski definition) is 1. The van der Waals surface area contributed by atoms with Crippen molar-refractivity contribution in [1.82, 2.24) is 14.8 Å². The minimum absolute atomic E-state index is 0.471. The molecule has 6 heteroatoms. The van der Waals surface area contributed by atoms with E-state index in [-0.39, 0.29) is 0 Å². The Kier molecular flexibility index (Phi) is 3.30. The van der Waals surface area contributed by atoms with Crippen LogP contribution >= 0.6 is 11.8 Å². The Morgan fingerprint density at radius 3 is 2.77 bits per heavy atom. The topological polar surface area (TPSA) is 68.0 Å². The standard InChI is InChI=1S/C7H11N3O2S/c1-3-4-10-6(12)5(11)8-9-7(10)13-2/h3-4H2,1-2H3,(H,8,11). The van der Waals surface area contributed by atoms with Gasteiger partial charge in [-0.05, 0) is 12.7 Å². The highest BCUT2D eigenvalue weighted by molar-refractivity contribution is 7.98. The van der Waals surface area contributed by atoms with E-state index in [0.717, 1.165) is 6.42 Å². The first-order valence-corrected chi connectivity index (χ1v) is 5.13. The van der Waals surface area contributed by atoms with Crippen molar-refractivity contribution < 1.29 is 5.11 Å². The second-order valence-corrected chi connectivity index (χ2v) is 3.24. The van der Waals surface area contributed by atoms with Gasteiger partial charge in [0.25, 0.3) is 5.88 Å². The van der Waals surface area contributed by atoms with Crippen molar-refractivity contribution in [2.24, 2.45) is 0 Å². The van der Waals surface area contributed by atoms with E-state index in [4.69, 9.17) is 5.11 Å². The van der Waals surface area contributed by atoms with Crippen molar-refractivity contribution >= 4 is 11.8 Å². The van der Waals surface area contributed by atoms with E-state index in [0.29, 0.717) is 11.7 Å². The van der Waals surface area contributed by atoms with E-state index in [1.54, 1.807) is 0 Å². The van der Waals surface area contributed by atoms with Crippen LogP contribution in [0.2, 0.25) is 0 Å². The van der Waals surface area contributed by atoms with Gasteiger partial charge in [-0.3, -0.25) is 9.36 Å². The minimum atomic E-state index is -0.536. The van der Waals surface area contributed by atoms with Gasteiger partial charge in [-0.2, -0.15) is 0 Å². The van der Waals surface area contributed by atoms with Gasteiger partial charge in [0.2, 0.25) is 0 Å². The van der Waals surface area contributed by atoms with E-state index in [2.05, 4.69) is 10.2 Å². The fraction of sp³-hybridized carbons (Fsp3) is 0.571.